The molecule has 0 aromatic heterocycles. The third kappa shape index (κ3) is 2.40. The number of hydrogen-bond donors (Lipinski definition) is 0. The number of ether oxygens (including phenoxy) is 1. The van der Waals surface area contributed by atoms with Crippen molar-refractivity contribution in [2.45, 2.75) is 38.8 Å². The van der Waals surface area contributed by atoms with Crippen LogP contribution in [0.15, 0.2) is 18.2 Å². The minimum absolute atomic E-state index is 0.159. The van der Waals surface area contributed by atoms with Gasteiger partial charge in [-0.05, 0) is 50.9 Å². The van der Waals surface area contributed by atoms with Gasteiger partial charge in [0.25, 0.3) is 0 Å². The van der Waals surface area contributed by atoms with Crippen LogP contribution in [0.1, 0.15) is 34.3 Å². The van der Waals surface area contributed by atoms with E-state index in [1.54, 1.807) is 0 Å². The van der Waals surface area contributed by atoms with Gasteiger partial charge in [0.15, 0.2) is 5.78 Å². The summed E-state index contributed by atoms with van der Waals surface area (Å²) in [5.41, 5.74) is 3.32. The molecule has 2 saturated heterocycles. The van der Waals surface area contributed by atoms with Gasteiger partial charge in [-0.1, -0.05) is 12.1 Å². The second kappa shape index (κ2) is 5.30. The molecule has 2 atom stereocenters. The molecule has 2 fully saturated rings. The van der Waals surface area contributed by atoms with Crippen molar-refractivity contribution in [3.8, 4) is 0 Å². The number of nitrogens with zero attached hydrogens (tertiary/aromatic N) is 1. The molecule has 0 amide bonds. The number of fused-ring (bicyclic) bond motifs is 2. The maximum Gasteiger partial charge on any atom is 0.166 e. The number of piperidine rings is 1. The standard InChI is InChI=1S/C17H23NO2/c1-11-4-5-13(6-12(11)2)17(19)14-7-15-9-20-10-16(8-14)18(15)3/h4-6,14-16H,7-10H2,1-3H3. The lowest BCUT2D eigenvalue weighted by atomic mass is 9.80. The third-order valence-electron chi connectivity index (χ3n) is 5.05. The highest BCUT2D eigenvalue weighted by atomic mass is 16.5. The Morgan fingerprint density at radius 3 is 2.40 bits per heavy atom. The third-order valence-corrected chi connectivity index (χ3v) is 5.05. The zero-order valence-electron chi connectivity index (χ0n) is 12.6. The summed E-state index contributed by atoms with van der Waals surface area (Å²) in [6, 6.07) is 6.89. The molecule has 20 heavy (non-hydrogen) atoms. The molecular weight excluding hydrogens is 250 g/mol. The Balaban J connectivity index is 1.79. The van der Waals surface area contributed by atoms with E-state index in [2.05, 4.69) is 31.9 Å². The molecule has 0 radical (unpaired) electrons. The summed E-state index contributed by atoms with van der Waals surface area (Å²) in [5, 5.41) is 0. The number of ketones is 1. The number of aryl methyl sites for hydroxylation is 2. The van der Waals surface area contributed by atoms with Gasteiger partial charge in [0.05, 0.1) is 13.2 Å². The highest BCUT2D eigenvalue weighted by Gasteiger charge is 2.39. The zero-order chi connectivity index (χ0) is 14.3. The van der Waals surface area contributed by atoms with E-state index in [9.17, 15) is 4.79 Å². The summed E-state index contributed by atoms with van der Waals surface area (Å²) in [6.07, 6.45) is 1.86. The van der Waals surface area contributed by atoms with E-state index in [0.29, 0.717) is 17.9 Å². The molecule has 3 nitrogen and oxygen atoms in total. The first-order valence-electron chi connectivity index (χ1n) is 7.47. The maximum atomic E-state index is 12.7. The quantitative estimate of drug-likeness (QED) is 0.776. The SMILES string of the molecule is Cc1ccc(C(=O)C2CC3COCC(C2)N3C)cc1C. The largest absolute Gasteiger partial charge is 0.378 e. The Morgan fingerprint density at radius 1 is 1.15 bits per heavy atom. The molecule has 3 rings (SSSR count). The number of carbonyl (C=O) groups is 1. The number of hydrogen-bond acceptors (Lipinski definition) is 3. The molecule has 2 aliphatic rings. The average molecular weight is 273 g/mol. The maximum absolute atomic E-state index is 12.7. The first-order valence-corrected chi connectivity index (χ1v) is 7.47. The van der Waals surface area contributed by atoms with Gasteiger partial charge in [-0.3, -0.25) is 9.69 Å². The van der Waals surface area contributed by atoms with Gasteiger partial charge in [-0.15, -0.1) is 0 Å². The first kappa shape index (κ1) is 13.8. The summed E-state index contributed by atoms with van der Waals surface area (Å²) >= 11 is 0. The van der Waals surface area contributed by atoms with Crippen LogP contribution in [0.25, 0.3) is 0 Å². The van der Waals surface area contributed by atoms with Crippen LogP contribution in [0, 0.1) is 19.8 Å². The number of rotatable bonds is 2. The van der Waals surface area contributed by atoms with E-state index in [1.807, 2.05) is 12.1 Å². The number of carbonyl (C=O) groups excluding carboxylic acids is 1. The predicted octanol–water partition coefficient (Wildman–Crippen LogP) is 2.60. The van der Waals surface area contributed by atoms with Gasteiger partial charge in [0.1, 0.15) is 0 Å². The van der Waals surface area contributed by atoms with Crippen molar-refractivity contribution in [2.75, 3.05) is 20.3 Å². The fraction of sp³-hybridized carbons (Fsp3) is 0.588. The van der Waals surface area contributed by atoms with Crippen LogP contribution in [-0.4, -0.2) is 43.0 Å². The molecule has 0 spiro atoms. The van der Waals surface area contributed by atoms with Crippen molar-refractivity contribution < 1.29 is 9.53 Å². The normalized spacial score (nSPS) is 30.2. The lowest BCUT2D eigenvalue weighted by molar-refractivity contribution is -0.0702. The molecule has 2 aliphatic heterocycles. The molecule has 2 unspecified atom stereocenters. The van der Waals surface area contributed by atoms with Gasteiger partial charge in [-0.2, -0.15) is 0 Å². The van der Waals surface area contributed by atoms with Crippen LogP contribution >= 0.6 is 0 Å². The molecule has 2 heterocycles. The van der Waals surface area contributed by atoms with Crippen molar-refractivity contribution >= 4 is 5.78 Å². The van der Waals surface area contributed by atoms with Crippen LogP contribution in [0.3, 0.4) is 0 Å². The van der Waals surface area contributed by atoms with E-state index in [-0.39, 0.29) is 5.92 Å². The summed E-state index contributed by atoms with van der Waals surface area (Å²) in [4.78, 5) is 15.1. The number of likely N-dealkylation sites (N-methyl/N-ethyl adjacent to an activating group) is 1. The molecule has 108 valence electrons. The minimum Gasteiger partial charge on any atom is -0.378 e. The summed E-state index contributed by atoms with van der Waals surface area (Å²) in [5.74, 6) is 0.477. The number of benzene rings is 1. The number of Topliss-reactive ketones (excluding diaryl/α,β-unsaturated/α-hetero) is 1. The van der Waals surface area contributed by atoms with E-state index in [1.165, 1.54) is 11.1 Å². The van der Waals surface area contributed by atoms with Gasteiger partial charge in [0, 0.05) is 23.6 Å². The summed E-state index contributed by atoms with van der Waals surface area (Å²) < 4.78 is 5.62. The molecule has 1 aromatic carbocycles. The van der Waals surface area contributed by atoms with Gasteiger partial charge < -0.3 is 4.74 Å². The fourth-order valence-corrected chi connectivity index (χ4v) is 3.44. The Kier molecular flexibility index (Phi) is 3.65. The van der Waals surface area contributed by atoms with Crippen molar-refractivity contribution in [3.63, 3.8) is 0 Å². The van der Waals surface area contributed by atoms with E-state index in [0.717, 1.165) is 31.6 Å². The van der Waals surface area contributed by atoms with E-state index >= 15 is 0 Å². The molecule has 0 aliphatic carbocycles. The Hall–Kier alpha value is -1.19. The zero-order valence-corrected chi connectivity index (χ0v) is 12.6. The molecular formula is C17H23NO2. The topological polar surface area (TPSA) is 29.5 Å². The van der Waals surface area contributed by atoms with Crippen LogP contribution in [-0.2, 0) is 4.74 Å². The summed E-state index contributed by atoms with van der Waals surface area (Å²) in [6.45, 7) is 5.69. The smallest absolute Gasteiger partial charge is 0.166 e. The molecule has 1 aromatic rings. The van der Waals surface area contributed by atoms with Crippen LogP contribution in [0.4, 0.5) is 0 Å². The number of morpholine rings is 1. The second-order valence-corrected chi connectivity index (χ2v) is 6.34. The van der Waals surface area contributed by atoms with Crippen LogP contribution in [0.5, 0.6) is 0 Å². The van der Waals surface area contributed by atoms with Crippen LogP contribution in [0.2, 0.25) is 0 Å². The average Bonchev–Trinajstić information content (AvgIpc) is 2.41. The van der Waals surface area contributed by atoms with Crippen LogP contribution < -0.4 is 0 Å². The fourth-order valence-electron chi connectivity index (χ4n) is 3.44. The monoisotopic (exact) mass is 273 g/mol. The lowest BCUT2D eigenvalue weighted by Gasteiger charge is -2.46. The molecule has 2 bridgehead atoms. The minimum atomic E-state index is 0.159. The molecule has 0 N–H and O–H groups in total. The van der Waals surface area contributed by atoms with Crippen molar-refractivity contribution in [3.05, 3.63) is 34.9 Å². The highest BCUT2D eigenvalue weighted by Crippen LogP contribution is 2.32. The first-order chi connectivity index (χ1) is 9.56. The predicted molar refractivity (Wildman–Crippen MR) is 79.1 cm³/mol. The molecule has 0 saturated carbocycles. The van der Waals surface area contributed by atoms with Crippen molar-refractivity contribution in [2.24, 2.45) is 5.92 Å². The van der Waals surface area contributed by atoms with Crippen molar-refractivity contribution in [1.82, 2.24) is 4.90 Å². The van der Waals surface area contributed by atoms with Gasteiger partial charge >= 0.3 is 0 Å². The molecule has 3 heteroatoms. The van der Waals surface area contributed by atoms with E-state index in [4.69, 9.17) is 4.74 Å². The Labute approximate surface area is 120 Å². The van der Waals surface area contributed by atoms with E-state index < -0.39 is 0 Å². The Morgan fingerprint density at radius 2 is 1.80 bits per heavy atom. The van der Waals surface area contributed by atoms with Gasteiger partial charge in [-0.25, -0.2) is 0 Å². The highest BCUT2D eigenvalue weighted by molar-refractivity contribution is 5.98. The Bertz CT molecular complexity index is 512. The second-order valence-electron chi connectivity index (χ2n) is 6.34. The van der Waals surface area contributed by atoms with Crippen molar-refractivity contribution in [1.29, 1.82) is 0 Å². The summed E-state index contributed by atoms with van der Waals surface area (Å²) in [7, 11) is 2.16. The van der Waals surface area contributed by atoms with Gasteiger partial charge in [0.2, 0.25) is 0 Å². The lowest BCUT2D eigenvalue weighted by Crippen LogP contribution is -2.55.